The lowest BCUT2D eigenvalue weighted by Gasteiger charge is -2.26. The first-order valence-corrected chi connectivity index (χ1v) is 6.49. The van der Waals surface area contributed by atoms with Crippen LogP contribution in [0.3, 0.4) is 0 Å². The maximum Gasteiger partial charge on any atom is 0.0481 e. The number of hydrogen-bond donors (Lipinski definition) is 2. The predicted octanol–water partition coefficient (Wildman–Crippen LogP) is 2.84. The van der Waals surface area contributed by atoms with Crippen LogP contribution in [0.5, 0.6) is 0 Å². The lowest BCUT2D eigenvalue weighted by atomic mass is 10.2. The average molecular weight is 243 g/mol. The molecule has 0 bridgehead atoms. The number of hydrogen-bond acceptors (Lipinski definition) is 3. The van der Waals surface area contributed by atoms with Crippen LogP contribution in [0.1, 0.15) is 6.42 Å². The van der Waals surface area contributed by atoms with Crippen LogP contribution in [0.25, 0.3) is 0 Å². The van der Waals surface area contributed by atoms with Crippen LogP contribution >= 0.6 is 23.4 Å². The zero-order valence-electron chi connectivity index (χ0n) is 8.72. The summed E-state index contributed by atoms with van der Waals surface area (Å²) in [5, 5.41) is 7.53. The van der Waals surface area contributed by atoms with E-state index in [-0.39, 0.29) is 0 Å². The topological polar surface area (TPSA) is 24.1 Å². The van der Waals surface area contributed by atoms with Gasteiger partial charge in [0.15, 0.2) is 0 Å². The molecule has 4 heteroatoms. The molecule has 2 nitrogen and oxygen atoms in total. The van der Waals surface area contributed by atoms with Crippen LogP contribution in [-0.4, -0.2) is 25.4 Å². The molecule has 2 N–H and O–H groups in total. The summed E-state index contributed by atoms with van der Waals surface area (Å²) in [6.07, 6.45) is 1.16. The van der Waals surface area contributed by atoms with Gasteiger partial charge < -0.3 is 10.6 Å². The van der Waals surface area contributed by atoms with E-state index in [9.17, 15) is 0 Å². The van der Waals surface area contributed by atoms with Gasteiger partial charge in [-0.2, -0.15) is 0 Å². The number of halogens is 1. The van der Waals surface area contributed by atoms with Gasteiger partial charge in [-0.05, 0) is 38.2 Å². The first-order chi connectivity index (χ1) is 7.29. The van der Waals surface area contributed by atoms with Crippen molar-refractivity contribution in [1.29, 1.82) is 0 Å². The highest BCUT2D eigenvalue weighted by Gasteiger charge is 2.17. The number of nitrogens with one attached hydrogen (secondary N) is 2. The Labute approximate surface area is 99.8 Å². The molecule has 1 aliphatic rings. The summed E-state index contributed by atoms with van der Waals surface area (Å²) in [5.74, 6) is 1.12. The molecule has 1 aromatic carbocycles. The van der Waals surface area contributed by atoms with E-state index < -0.39 is 0 Å². The minimum Gasteiger partial charge on any atom is -0.381 e. The van der Waals surface area contributed by atoms with Crippen LogP contribution in [-0.2, 0) is 0 Å². The van der Waals surface area contributed by atoms with Crippen molar-refractivity contribution in [2.24, 2.45) is 0 Å². The Morgan fingerprint density at radius 3 is 3.27 bits per heavy atom. The molecule has 0 fully saturated rings. The molecule has 0 aromatic heterocycles. The van der Waals surface area contributed by atoms with Gasteiger partial charge in [0.25, 0.3) is 0 Å². The lowest BCUT2D eigenvalue weighted by molar-refractivity contribution is 0.658. The highest BCUT2D eigenvalue weighted by molar-refractivity contribution is 7.99. The fourth-order valence-corrected chi connectivity index (χ4v) is 3.02. The summed E-state index contributed by atoms with van der Waals surface area (Å²) in [4.78, 5) is 1.27. The Morgan fingerprint density at radius 1 is 1.60 bits per heavy atom. The Kier molecular flexibility index (Phi) is 3.78. The van der Waals surface area contributed by atoms with Crippen LogP contribution in [0.15, 0.2) is 23.1 Å². The second kappa shape index (κ2) is 5.10. The number of benzene rings is 1. The largest absolute Gasteiger partial charge is 0.381 e. The van der Waals surface area contributed by atoms with Crippen LogP contribution < -0.4 is 10.6 Å². The molecule has 0 spiro atoms. The van der Waals surface area contributed by atoms with E-state index >= 15 is 0 Å². The number of fused-ring (bicyclic) bond motifs is 1. The number of rotatable bonds is 3. The Morgan fingerprint density at radius 2 is 2.47 bits per heavy atom. The van der Waals surface area contributed by atoms with Crippen molar-refractivity contribution < 1.29 is 0 Å². The third-order valence-electron chi connectivity index (χ3n) is 2.49. The first kappa shape index (κ1) is 11.1. The minimum absolute atomic E-state index is 0.566. The van der Waals surface area contributed by atoms with E-state index in [1.165, 1.54) is 10.6 Å². The quantitative estimate of drug-likeness (QED) is 0.853. The molecule has 0 radical (unpaired) electrons. The molecule has 1 heterocycles. The van der Waals surface area contributed by atoms with Crippen LogP contribution in [0, 0.1) is 0 Å². The zero-order chi connectivity index (χ0) is 10.7. The highest BCUT2D eigenvalue weighted by atomic mass is 35.5. The van der Waals surface area contributed by atoms with E-state index in [2.05, 4.69) is 16.7 Å². The third kappa shape index (κ3) is 2.80. The lowest BCUT2D eigenvalue weighted by Crippen LogP contribution is -2.29. The predicted molar refractivity (Wildman–Crippen MR) is 68.1 cm³/mol. The SMILES string of the molecule is CNCCC1CSc2cc(Cl)ccc2N1. The molecule has 1 aliphatic heterocycles. The van der Waals surface area contributed by atoms with Gasteiger partial charge >= 0.3 is 0 Å². The average Bonchev–Trinajstić information content (AvgIpc) is 2.26. The molecule has 0 amide bonds. The molecule has 0 saturated carbocycles. The molecule has 2 rings (SSSR count). The fraction of sp³-hybridized carbons (Fsp3) is 0.455. The van der Waals surface area contributed by atoms with E-state index in [1.807, 2.05) is 30.9 Å². The molecule has 82 valence electrons. The Bertz CT molecular complexity index is 343. The van der Waals surface area contributed by atoms with Gasteiger partial charge in [-0.25, -0.2) is 0 Å². The molecule has 0 saturated heterocycles. The van der Waals surface area contributed by atoms with Gasteiger partial charge in [-0.15, -0.1) is 11.8 Å². The number of anilines is 1. The van der Waals surface area contributed by atoms with Crippen molar-refractivity contribution in [1.82, 2.24) is 5.32 Å². The second-order valence-corrected chi connectivity index (χ2v) is 5.18. The summed E-state index contributed by atoms with van der Waals surface area (Å²) >= 11 is 7.83. The van der Waals surface area contributed by atoms with Gasteiger partial charge in [0.05, 0.1) is 0 Å². The van der Waals surface area contributed by atoms with Gasteiger partial charge in [-0.1, -0.05) is 11.6 Å². The van der Waals surface area contributed by atoms with E-state index in [4.69, 9.17) is 11.6 Å². The van der Waals surface area contributed by atoms with Crippen LogP contribution in [0.4, 0.5) is 5.69 Å². The normalized spacial score (nSPS) is 19.5. The summed E-state index contributed by atoms with van der Waals surface area (Å²) in [6, 6.07) is 6.60. The molecular formula is C11H15ClN2S. The molecular weight excluding hydrogens is 228 g/mol. The van der Waals surface area contributed by atoms with Crippen LogP contribution in [0.2, 0.25) is 5.02 Å². The molecule has 1 aromatic rings. The molecule has 1 atom stereocenters. The Balaban J connectivity index is 2.03. The standard InChI is InChI=1S/C11H15ClN2S/c1-13-5-4-9-7-15-11-6-8(12)2-3-10(11)14-9/h2-3,6,9,13-14H,4-5,7H2,1H3. The maximum atomic E-state index is 5.95. The molecule has 1 unspecified atom stereocenters. The molecule has 0 aliphatic carbocycles. The van der Waals surface area contributed by atoms with E-state index in [0.29, 0.717) is 6.04 Å². The minimum atomic E-state index is 0.566. The summed E-state index contributed by atoms with van der Waals surface area (Å²) in [6.45, 7) is 1.06. The van der Waals surface area contributed by atoms with Crippen molar-refractivity contribution >= 4 is 29.1 Å². The van der Waals surface area contributed by atoms with Crippen molar-refractivity contribution in [2.75, 3.05) is 24.7 Å². The zero-order valence-corrected chi connectivity index (χ0v) is 10.3. The van der Waals surface area contributed by atoms with E-state index in [0.717, 1.165) is 23.7 Å². The number of thioether (sulfide) groups is 1. The van der Waals surface area contributed by atoms with Gasteiger partial charge in [0.1, 0.15) is 0 Å². The van der Waals surface area contributed by atoms with Crippen molar-refractivity contribution in [3.8, 4) is 0 Å². The monoisotopic (exact) mass is 242 g/mol. The fourth-order valence-electron chi connectivity index (χ4n) is 1.66. The molecule has 15 heavy (non-hydrogen) atoms. The smallest absolute Gasteiger partial charge is 0.0481 e. The summed E-state index contributed by atoms with van der Waals surface area (Å²) in [7, 11) is 1.99. The highest BCUT2D eigenvalue weighted by Crippen LogP contribution is 2.35. The maximum absolute atomic E-state index is 5.95. The van der Waals surface area contributed by atoms with Crippen molar-refractivity contribution in [2.45, 2.75) is 17.4 Å². The Hall–Kier alpha value is -0.380. The first-order valence-electron chi connectivity index (χ1n) is 5.13. The summed E-state index contributed by atoms with van der Waals surface area (Å²) in [5.41, 5.74) is 1.22. The van der Waals surface area contributed by atoms with Gasteiger partial charge in [-0.3, -0.25) is 0 Å². The van der Waals surface area contributed by atoms with Crippen molar-refractivity contribution in [3.63, 3.8) is 0 Å². The second-order valence-electron chi connectivity index (χ2n) is 3.68. The van der Waals surface area contributed by atoms with Crippen molar-refractivity contribution in [3.05, 3.63) is 23.2 Å². The van der Waals surface area contributed by atoms with E-state index in [1.54, 1.807) is 0 Å². The summed E-state index contributed by atoms with van der Waals surface area (Å²) < 4.78 is 0. The van der Waals surface area contributed by atoms with Gasteiger partial charge in [0, 0.05) is 27.4 Å². The van der Waals surface area contributed by atoms with Gasteiger partial charge in [0.2, 0.25) is 0 Å². The third-order valence-corrected chi connectivity index (χ3v) is 3.94.